The second-order valence-electron chi connectivity index (χ2n) is 6.23. The van der Waals surface area contributed by atoms with E-state index >= 15 is 0 Å². The van der Waals surface area contributed by atoms with E-state index in [4.69, 9.17) is 23.2 Å². The van der Waals surface area contributed by atoms with Crippen LogP contribution in [0.2, 0.25) is 10.0 Å². The van der Waals surface area contributed by atoms with Crippen LogP contribution >= 0.6 is 34.5 Å². The lowest BCUT2D eigenvalue weighted by Crippen LogP contribution is -2.23. The molecule has 162 valence electrons. The first-order chi connectivity index (χ1) is 15.2. The van der Waals surface area contributed by atoms with Crippen molar-refractivity contribution in [2.75, 3.05) is 10.2 Å². The number of benzene rings is 2. The van der Waals surface area contributed by atoms with Gasteiger partial charge in [0, 0.05) is 18.4 Å². The molecule has 0 bridgehead atoms. The topological polar surface area (TPSA) is 86.1 Å². The molecule has 1 aromatic heterocycles. The average Bonchev–Trinajstić information content (AvgIpc) is 3.18. The van der Waals surface area contributed by atoms with Crippen LogP contribution in [0.25, 0.3) is 6.08 Å². The van der Waals surface area contributed by atoms with Gasteiger partial charge in [-0.2, -0.15) is 5.26 Å². The molecule has 0 aliphatic rings. The molecular weight excluding hydrogens is 481 g/mol. The molecule has 0 fully saturated rings. The summed E-state index contributed by atoms with van der Waals surface area (Å²) in [5, 5.41) is 13.8. The number of hydrogen-bond acceptors (Lipinski definition) is 5. The van der Waals surface area contributed by atoms with Gasteiger partial charge in [-0.1, -0.05) is 29.3 Å². The van der Waals surface area contributed by atoms with Crippen molar-refractivity contribution in [1.29, 1.82) is 5.26 Å². The van der Waals surface area contributed by atoms with Crippen molar-refractivity contribution in [3.63, 3.8) is 0 Å². The van der Waals surface area contributed by atoms with E-state index in [-0.39, 0.29) is 37.8 Å². The Labute approximate surface area is 195 Å². The van der Waals surface area contributed by atoms with Gasteiger partial charge in [0.15, 0.2) is 5.13 Å². The third-order valence-electron chi connectivity index (χ3n) is 4.03. The summed E-state index contributed by atoms with van der Waals surface area (Å²) in [4.78, 5) is 29.8. The van der Waals surface area contributed by atoms with Crippen molar-refractivity contribution < 1.29 is 18.4 Å². The van der Waals surface area contributed by atoms with Crippen molar-refractivity contribution in [2.45, 2.75) is 6.92 Å². The van der Waals surface area contributed by atoms with Gasteiger partial charge in [-0.25, -0.2) is 13.8 Å². The normalized spacial score (nSPS) is 11.1. The minimum atomic E-state index is -0.943. The number of carbonyl (C=O) groups excluding carboxylic acids is 2. The van der Waals surface area contributed by atoms with E-state index in [1.54, 1.807) is 12.1 Å². The molecule has 0 aliphatic carbocycles. The maximum absolute atomic E-state index is 14.2. The van der Waals surface area contributed by atoms with Gasteiger partial charge >= 0.3 is 0 Å². The molecule has 2 amide bonds. The van der Waals surface area contributed by atoms with Crippen molar-refractivity contribution in [3.05, 3.63) is 74.7 Å². The fraction of sp³-hybridized carbons (Fsp3) is 0.0476. The summed E-state index contributed by atoms with van der Waals surface area (Å²) in [6, 6.07) is 9.19. The van der Waals surface area contributed by atoms with Gasteiger partial charge in [0.2, 0.25) is 5.91 Å². The molecule has 0 aliphatic heterocycles. The quantitative estimate of drug-likeness (QED) is 0.351. The minimum Gasteiger partial charge on any atom is -0.319 e. The molecule has 1 heterocycles. The van der Waals surface area contributed by atoms with Crippen LogP contribution < -0.4 is 10.2 Å². The number of aromatic nitrogens is 1. The van der Waals surface area contributed by atoms with Crippen molar-refractivity contribution in [1.82, 2.24) is 4.98 Å². The van der Waals surface area contributed by atoms with Crippen LogP contribution in [0.5, 0.6) is 0 Å². The van der Waals surface area contributed by atoms with Crippen LogP contribution in [0, 0.1) is 23.0 Å². The van der Waals surface area contributed by atoms with E-state index in [1.165, 1.54) is 30.5 Å². The molecule has 0 spiro atoms. The molecule has 6 nitrogen and oxygen atoms in total. The highest BCUT2D eigenvalue weighted by Crippen LogP contribution is 2.32. The number of carbonyl (C=O) groups is 2. The SMILES string of the molecule is CC(=O)N(c1nc(/C=C(\C#N)C(=O)Nc2c(Cl)cccc2Cl)cs1)c1ccc(F)cc1F. The highest BCUT2D eigenvalue weighted by atomic mass is 35.5. The number of nitriles is 1. The first-order valence-electron chi connectivity index (χ1n) is 8.79. The first-order valence-corrected chi connectivity index (χ1v) is 10.4. The number of nitrogens with zero attached hydrogens (tertiary/aromatic N) is 3. The summed E-state index contributed by atoms with van der Waals surface area (Å²) < 4.78 is 27.4. The summed E-state index contributed by atoms with van der Waals surface area (Å²) in [5.41, 5.74) is -0.165. The lowest BCUT2D eigenvalue weighted by molar-refractivity contribution is -0.116. The molecule has 0 saturated heterocycles. The fourth-order valence-electron chi connectivity index (χ4n) is 2.61. The molecule has 0 atom stereocenters. The van der Waals surface area contributed by atoms with Crippen LogP contribution in [0.15, 0.2) is 47.4 Å². The van der Waals surface area contributed by atoms with Gasteiger partial charge in [-0.05, 0) is 30.3 Å². The third-order valence-corrected chi connectivity index (χ3v) is 5.50. The zero-order valence-electron chi connectivity index (χ0n) is 16.2. The summed E-state index contributed by atoms with van der Waals surface area (Å²) >= 11 is 13.0. The molecule has 11 heteroatoms. The summed E-state index contributed by atoms with van der Waals surface area (Å²) in [5.74, 6) is -3.07. The molecular formula is C21H12Cl2F2N4O2S. The van der Waals surface area contributed by atoms with Gasteiger partial charge in [-0.15, -0.1) is 11.3 Å². The molecule has 0 saturated carbocycles. The van der Waals surface area contributed by atoms with Crippen LogP contribution in [-0.2, 0) is 9.59 Å². The predicted molar refractivity (Wildman–Crippen MR) is 120 cm³/mol. The molecule has 0 radical (unpaired) electrons. The van der Waals surface area contributed by atoms with E-state index in [9.17, 15) is 23.6 Å². The van der Waals surface area contributed by atoms with Crippen molar-refractivity contribution in [2.24, 2.45) is 0 Å². The van der Waals surface area contributed by atoms with E-state index in [0.717, 1.165) is 28.4 Å². The average molecular weight is 493 g/mol. The monoisotopic (exact) mass is 492 g/mol. The zero-order valence-corrected chi connectivity index (χ0v) is 18.5. The number of rotatable bonds is 5. The number of para-hydroxylation sites is 1. The number of halogens is 4. The van der Waals surface area contributed by atoms with E-state index in [1.807, 2.05) is 0 Å². The van der Waals surface area contributed by atoms with Gasteiger partial charge < -0.3 is 5.32 Å². The number of thiazole rings is 1. The zero-order chi connectivity index (χ0) is 23.4. The third kappa shape index (κ3) is 5.11. The molecule has 3 rings (SSSR count). The minimum absolute atomic E-state index is 0.0705. The standard InChI is InChI=1S/C21H12Cl2F2N4O2S/c1-11(30)29(18-6-5-13(24)8-17(18)25)21-27-14(10-32-21)7-12(9-26)20(31)28-19-15(22)3-2-4-16(19)23/h2-8,10H,1H3,(H,28,31)/b12-7+. The Morgan fingerprint density at radius 3 is 2.50 bits per heavy atom. The highest BCUT2D eigenvalue weighted by molar-refractivity contribution is 7.14. The number of nitrogens with one attached hydrogen (secondary N) is 1. The lowest BCUT2D eigenvalue weighted by Gasteiger charge is -2.18. The van der Waals surface area contributed by atoms with Gasteiger partial charge in [0.1, 0.15) is 23.3 Å². The highest BCUT2D eigenvalue weighted by Gasteiger charge is 2.22. The Kier molecular flexibility index (Phi) is 7.20. The molecule has 1 N–H and O–H groups in total. The first kappa shape index (κ1) is 23.3. The Bertz CT molecular complexity index is 1270. The number of anilines is 3. The number of hydrogen-bond donors (Lipinski definition) is 1. The van der Waals surface area contributed by atoms with Crippen LogP contribution in [0.1, 0.15) is 12.6 Å². The molecule has 32 heavy (non-hydrogen) atoms. The fourth-order valence-corrected chi connectivity index (χ4v) is 3.94. The summed E-state index contributed by atoms with van der Waals surface area (Å²) in [6.45, 7) is 1.20. The Morgan fingerprint density at radius 2 is 1.91 bits per heavy atom. The Morgan fingerprint density at radius 1 is 1.22 bits per heavy atom. The second kappa shape index (κ2) is 9.87. The van der Waals surface area contributed by atoms with Gasteiger partial charge in [0.05, 0.1) is 27.1 Å². The summed E-state index contributed by atoms with van der Waals surface area (Å²) in [7, 11) is 0. The number of amides is 2. The maximum Gasteiger partial charge on any atom is 0.266 e. The Hall–Kier alpha value is -3.32. The van der Waals surface area contributed by atoms with Crippen molar-refractivity contribution >= 4 is 68.9 Å². The maximum atomic E-state index is 14.2. The molecule has 3 aromatic rings. The van der Waals surface area contributed by atoms with Crippen LogP contribution in [0.3, 0.4) is 0 Å². The van der Waals surface area contributed by atoms with Gasteiger partial charge in [-0.3, -0.25) is 14.5 Å². The van der Waals surface area contributed by atoms with E-state index in [2.05, 4.69) is 10.3 Å². The smallest absolute Gasteiger partial charge is 0.266 e. The Balaban J connectivity index is 1.90. The largest absolute Gasteiger partial charge is 0.319 e. The second-order valence-corrected chi connectivity index (χ2v) is 7.88. The summed E-state index contributed by atoms with van der Waals surface area (Å²) in [6.07, 6.45) is 1.19. The van der Waals surface area contributed by atoms with Crippen molar-refractivity contribution in [3.8, 4) is 6.07 Å². The molecule has 2 aromatic carbocycles. The molecule has 0 unspecified atom stereocenters. The van der Waals surface area contributed by atoms with Crippen LogP contribution in [0.4, 0.5) is 25.3 Å². The van der Waals surface area contributed by atoms with E-state index in [0.29, 0.717) is 6.07 Å². The van der Waals surface area contributed by atoms with E-state index < -0.39 is 23.4 Å². The predicted octanol–water partition coefficient (Wildman–Crippen LogP) is 5.96. The van der Waals surface area contributed by atoms with Crippen LogP contribution in [-0.4, -0.2) is 16.8 Å². The van der Waals surface area contributed by atoms with Gasteiger partial charge in [0.25, 0.3) is 5.91 Å². The lowest BCUT2D eigenvalue weighted by atomic mass is 10.2.